The molecule has 3 heteroatoms. The summed E-state index contributed by atoms with van der Waals surface area (Å²) in [6.45, 7) is 2.67. The maximum absolute atomic E-state index is 13.6. The van der Waals surface area contributed by atoms with E-state index in [1.54, 1.807) is 0 Å². The van der Waals surface area contributed by atoms with E-state index in [9.17, 15) is 4.79 Å². The van der Waals surface area contributed by atoms with Gasteiger partial charge in [0.15, 0.2) is 0 Å². The Morgan fingerprint density at radius 3 is 2.31 bits per heavy atom. The van der Waals surface area contributed by atoms with Gasteiger partial charge in [-0.1, -0.05) is 84.9 Å². The predicted octanol–water partition coefficient (Wildman–Crippen LogP) is 5.75. The molecule has 0 fully saturated rings. The van der Waals surface area contributed by atoms with Crippen molar-refractivity contribution in [1.82, 2.24) is 0 Å². The summed E-state index contributed by atoms with van der Waals surface area (Å²) >= 11 is 0. The lowest BCUT2D eigenvalue weighted by atomic mass is 9.95. The molecular weight excluding hydrogens is 356 g/mol. The van der Waals surface area contributed by atoms with Gasteiger partial charge in [0.2, 0.25) is 5.91 Å². The smallest absolute Gasteiger partial charge is 0.232 e. The van der Waals surface area contributed by atoms with Crippen LogP contribution in [0, 0.1) is 5.92 Å². The minimum atomic E-state index is -0.133. The quantitative estimate of drug-likeness (QED) is 0.609. The average molecular weight is 383 g/mol. The summed E-state index contributed by atoms with van der Waals surface area (Å²) in [6, 6.07) is 28.5. The molecule has 2 unspecified atom stereocenters. The standard InChI is InChI=1S/C26H26N2O/c1-20-23(16-10-15-21-11-4-2-5-12-21)26(29)28(19-22-13-6-3-7-14-22)25-18-9-8-17-24(25)27-20/h2-15,17-18,20,23,27H,16,19H2,1H3/b15-10+. The monoisotopic (exact) mass is 382 g/mol. The van der Waals surface area contributed by atoms with Gasteiger partial charge in [-0.15, -0.1) is 0 Å². The van der Waals surface area contributed by atoms with Crippen LogP contribution in [-0.4, -0.2) is 11.9 Å². The molecule has 0 radical (unpaired) electrons. The molecule has 0 saturated carbocycles. The van der Waals surface area contributed by atoms with E-state index in [2.05, 4.69) is 54.7 Å². The highest BCUT2D eigenvalue weighted by molar-refractivity contribution is 6.00. The third-order valence-corrected chi connectivity index (χ3v) is 5.45. The van der Waals surface area contributed by atoms with Crippen molar-refractivity contribution < 1.29 is 4.79 Å². The Labute approximate surface area is 172 Å². The Morgan fingerprint density at radius 2 is 1.55 bits per heavy atom. The van der Waals surface area contributed by atoms with Gasteiger partial charge in [0.25, 0.3) is 0 Å². The van der Waals surface area contributed by atoms with Crippen molar-refractivity contribution >= 4 is 23.4 Å². The van der Waals surface area contributed by atoms with Crippen LogP contribution in [0.15, 0.2) is 91.0 Å². The van der Waals surface area contributed by atoms with Gasteiger partial charge in [0, 0.05) is 6.04 Å². The molecule has 29 heavy (non-hydrogen) atoms. The minimum Gasteiger partial charge on any atom is -0.380 e. The van der Waals surface area contributed by atoms with Crippen molar-refractivity contribution in [2.45, 2.75) is 25.9 Å². The molecule has 1 heterocycles. The first kappa shape index (κ1) is 19.0. The molecule has 1 N–H and O–H groups in total. The van der Waals surface area contributed by atoms with Crippen LogP contribution in [0.5, 0.6) is 0 Å². The number of nitrogens with zero attached hydrogens (tertiary/aromatic N) is 1. The second kappa shape index (κ2) is 8.78. The van der Waals surface area contributed by atoms with Crippen LogP contribution in [0.3, 0.4) is 0 Å². The first-order valence-corrected chi connectivity index (χ1v) is 10.1. The minimum absolute atomic E-state index is 0.0462. The van der Waals surface area contributed by atoms with Gasteiger partial charge in [0.05, 0.1) is 23.8 Å². The average Bonchev–Trinajstić information content (AvgIpc) is 2.85. The van der Waals surface area contributed by atoms with Crippen molar-refractivity contribution in [2.75, 3.05) is 10.2 Å². The van der Waals surface area contributed by atoms with Crippen LogP contribution in [0.4, 0.5) is 11.4 Å². The molecule has 1 aliphatic heterocycles. The first-order chi connectivity index (χ1) is 14.2. The lowest BCUT2D eigenvalue weighted by Gasteiger charge is -2.26. The van der Waals surface area contributed by atoms with Gasteiger partial charge in [-0.25, -0.2) is 0 Å². The summed E-state index contributed by atoms with van der Waals surface area (Å²) in [4.78, 5) is 15.6. The molecule has 1 amide bonds. The van der Waals surface area contributed by atoms with Crippen LogP contribution in [0.1, 0.15) is 24.5 Å². The summed E-state index contributed by atoms with van der Waals surface area (Å²) in [6.07, 6.45) is 4.91. The van der Waals surface area contributed by atoms with Gasteiger partial charge in [-0.3, -0.25) is 4.79 Å². The number of benzene rings is 3. The SMILES string of the molecule is CC1Nc2ccccc2N(Cc2ccccc2)C(=O)C1C/C=C/c1ccccc1. The van der Waals surface area contributed by atoms with Crippen LogP contribution in [-0.2, 0) is 11.3 Å². The van der Waals surface area contributed by atoms with E-state index in [-0.39, 0.29) is 17.9 Å². The third-order valence-electron chi connectivity index (χ3n) is 5.45. The van der Waals surface area contributed by atoms with Gasteiger partial charge in [-0.05, 0) is 36.6 Å². The number of carbonyl (C=O) groups is 1. The summed E-state index contributed by atoms with van der Waals surface area (Å²) in [5.74, 6) is 0.0302. The molecule has 0 bridgehead atoms. The second-order valence-electron chi connectivity index (χ2n) is 7.52. The second-order valence-corrected chi connectivity index (χ2v) is 7.52. The number of hydrogen-bond acceptors (Lipinski definition) is 2. The van der Waals surface area contributed by atoms with Crippen molar-refractivity contribution in [1.29, 1.82) is 0 Å². The highest BCUT2D eigenvalue weighted by atomic mass is 16.2. The lowest BCUT2D eigenvalue weighted by Crippen LogP contribution is -2.39. The van der Waals surface area contributed by atoms with E-state index in [0.717, 1.165) is 22.5 Å². The number of hydrogen-bond donors (Lipinski definition) is 1. The normalized spacial score (nSPS) is 18.9. The van der Waals surface area contributed by atoms with Crippen LogP contribution < -0.4 is 10.2 Å². The molecule has 0 aromatic heterocycles. The summed E-state index contributed by atoms with van der Waals surface area (Å²) in [5.41, 5.74) is 4.24. The molecule has 0 spiro atoms. The highest BCUT2D eigenvalue weighted by Crippen LogP contribution is 2.34. The number of carbonyl (C=O) groups excluding carboxylic acids is 1. The number of rotatable bonds is 5. The summed E-state index contributed by atoms with van der Waals surface area (Å²) < 4.78 is 0. The molecule has 0 aliphatic carbocycles. The molecule has 3 aromatic carbocycles. The first-order valence-electron chi connectivity index (χ1n) is 10.1. The van der Waals surface area contributed by atoms with E-state index in [4.69, 9.17) is 0 Å². The number of nitrogens with one attached hydrogen (secondary N) is 1. The number of allylic oxidation sites excluding steroid dienone is 1. The van der Waals surface area contributed by atoms with Crippen LogP contribution >= 0.6 is 0 Å². The Balaban J connectivity index is 1.61. The number of amides is 1. The van der Waals surface area contributed by atoms with Crippen LogP contribution in [0.25, 0.3) is 6.08 Å². The summed E-state index contributed by atoms with van der Waals surface area (Å²) in [7, 11) is 0. The van der Waals surface area contributed by atoms with E-state index < -0.39 is 0 Å². The van der Waals surface area contributed by atoms with E-state index in [1.807, 2.05) is 59.5 Å². The van der Waals surface area contributed by atoms with Gasteiger partial charge in [0.1, 0.15) is 0 Å². The zero-order valence-electron chi connectivity index (χ0n) is 16.7. The molecular formula is C26H26N2O. The highest BCUT2D eigenvalue weighted by Gasteiger charge is 2.33. The predicted molar refractivity (Wildman–Crippen MR) is 121 cm³/mol. The van der Waals surface area contributed by atoms with Crippen molar-refractivity contribution in [2.24, 2.45) is 5.92 Å². The van der Waals surface area contributed by atoms with Gasteiger partial charge >= 0.3 is 0 Å². The third kappa shape index (κ3) is 4.40. The Morgan fingerprint density at radius 1 is 0.897 bits per heavy atom. The van der Waals surface area contributed by atoms with E-state index in [0.29, 0.717) is 13.0 Å². The van der Waals surface area contributed by atoms with Crippen molar-refractivity contribution in [3.63, 3.8) is 0 Å². The molecule has 3 nitrogen and oxygen atoms in total. The fourth-order valence-corrected chi connectivity index (χ4v) is 3.86. The molecule has 1 aliphatic rings. The van der Waals surface area contributed by atoms with Crippen LogP contribution in [0.2, 0.25) is 0 Å². The Bertz CT molecular complexity index is 982. The fourth-order valence-electron chi connectivity index (χ4n) is 3.86. The summed E-state index contributed by atoms with van der Waals surface area (Å²) in [5, 5.41) is 3.57. The molecule has 0 saturated heterocycles. The van der Waals surface area contributed by atoms with Crippen molar-refractivity contribution in [3.8, 4) is 0 Å². The van der Waals surface area contributed by atoms with Gasteiger partial charge in [-0.2, -0.15) is 0 Å². The molecule has 2 atom stereocenters. The van der Waals surface area contributed by atoms with Crippen molar-refractivity contribution in [3.05, 3.63) is 102 Å². The maximum atomic E-state index is 13.6. The van der Waals surface area contributed by atoms with E-state index >= 15 is 0 Å². The Kier molecular flexibility index (Phi) is 5.76. The Hall–Kier alpha value is -3.33. The maximum Gasteiger partial charge on any atom is 0.232 e. The molecule has 4 rings (SSSR count). The number of fused-ring (bicyclic) bond motifs is 1. The van der Waals surface area contributed by atoms with Gasteiger partial charge < -0.3 is 10.2 Å². The fraction of sp³-hybridized carbons (Fsp3) is 0.192. The zero-order chi connectivity index (χ0) is 20.1. The largest absolute Gasteiger partial charge is 0.380 e. The number of para-hydroxylation sites is 2. The lowest BCUT2D eigenvalue weighted by molar-refractivity contribution is -0.122. The topological polar surface area (TPSA) is 32.3 Å². The zero-order valence-corrected chi connectivity index (χ0v) is 16.7. The molecule has 3 aromatic rings. The number of anilines is 2. The molecule has 146 valence electrons. The van der Waals surface area contributed by atoms with E-state index in [1.165, 1.54) is 0 Å².